The van der Waals surface area contributed by atoms with E-state index in [0.29, 0.717) is 12.3 Å². The number of carbonyl (C=O) groups is 1. The Hall–Kier alpha value is -2.10. The van der Waals surface area contributed by atoms with Crippen LogP contribution in [-0.2, 0) is 4.79 Å². The zero-order valence-electron chi connectivity index (χ0n) is 13.1. The zero-order valence-corrected chi connectivity index (χ0v) is 13.1. The Morgan fingerprint density at radius 2 is 1.90 bits per heavy atom. The van der Waals surface area contributed by atoms with E-state index in [1.807, 2.05) is 30.3 Å². The summed E-state index contributed by atoms with van der Waals surface area (Å²) in [6.45, 7) is 8.58. The van der Waals surface area contributed by atoms with E-state index in [0.717, 1.165) is 16.9 Å². The predicted octanol–water partition coefficient (Wildman–Crippen LogP) is 4.09. The van der Waals surface area contributed by atoms with E-state index in [4.69, 9.17) is 0 Å². The van der Waals surface area contributed by atoms with Gasteiger partial charge in [-0.2, -0.15) is 5.10 Å². The Kier molecular flexibility index (Phi) is 4.46. The minimum atomic E-state index is 0.0618. The molecule has 0 bridgehead atoms. The molecule has 2 aromatic rings. The van der Waals surface area contributed by atoms with Crippen LogP contribution in [0.2, 0.25) is 0 Å². The van der Waals surface area contributed by atoms with Gasteiger partial charge in [0.25, 0.3) is 0 Å². The average molecular weight is 285 g/mol. The van der Waals surface area contributed by atoms with Crippen LogP contribution in [-0.4, -0.2) is 16.1 Å². The number of amides is 1. The SMILES string of the molecule is CC(CC(=O)Nc1ccc(-c2ccn[nH]2)cc1)C(C)(C)C. The summed E-state index contributed by atoms with van der Waals surface area (Å²) in [5.41, 5.74) is 2.98. The molecule has 2 rings (SSSR count). The molecule has 0 aliphatic carbocycles. The van der Waals surface area contributed by atoms with E-state index in [1.165, 1.54) is 0 Å². The van der Waals surface area contributed by atoms with Crippen LogP contribution in [0.25, 0.3) is 11.3 Å². The highest BCUT2D eigenvalue weighted by atomic mass is 16.1. The second-order valence-corrected chi connectivity index (χ2v) is 6.57. The van der Waals surface area contributed by atoms with Gasteiger partial charge in [-0.15, -0.1) is 0 Å². The Bertz CT molecular complexity index is 579. The van der Waals surface area contributed by atoms with Gasteiger partial charge in [-0.05, 0) is 35.1 Å². The number of rotatable bonds is 4. The first-order chi connectivity index (χ1) is 9.86. The number of carbonyl (C=O) groups excluding carboxylic acids is 1. The summed E-state index contributed by atoms with van der Waals surface area (Å²) in [4.78, 5) is 12.1. The van der Waals surface area contributed by atoms with Crippen LogP contribution in [0.4, 0.5) is 5.69 Å². The quantitative estimate of drug-likeness (QED) is 0.889. The summed E-state index contributed by atoms with van der Waals surface area (Å²) in [6.07, 6.45) is 2.25. The molecule has 0 aliphatic rings. The molecule has 4 nitrogen and oxygen atoms in total. The molecule has 0 fully saturated rings. The number of nitrogens with zero attached hydrogens (tertiary/aromatic N) is 1. The zero-order chi connectivity index (χ0) is 15.5. The molecule has 0 spiro atoms. The second-order valence-electron chi connectivity index (χ2n) is 6.57. The molecule has 1 unspecified atom stereocenters. The number of anilines is 1. The molecule has 4 heteroatoms. The summed E-state index contributed by atoms with van der Waals surface area (Å²) >= 11 is 0. The summed E-state index contributed by atoms with van der Waals surface area (Å²) in [5, 5.41) is 9.80. The van der Waals surface area contributed by atoms with Gasteiger partial charge in [0.2, 0.25) is 5.91 Å². The molecule has 1 aromatic heterocycles. The maximum absolute atomic E-state index is 12.1. The summed E-state index contributed by atoms with van der Waals surface area (Å²) in [5.74, 6) is 0.397. The largest absolute Gasteiger partial charge is 0.326 e. The minimum Gasteiger partial charge on any atom is -0.326 e. The summed E-state index contributed by atoms with van der Waals surface area (Å²) < 4.78 is 0. The van der Waals surface area contributed by atoms with Crippen LogP contribution >= 0.6 is 0 Å². The van der Waals surface area contributed by atoms with Gasteiger partial charge < -0.3 is 5.32 Å². The van der Waals surface area contributed by atoms with Crippen molar-refractivity contribution in [1.29, 1.82) is 0 Å². The van der Waals surface area contributed by atoms with Gasteiger partial charge in [0.15, 0.2) is 0 Å². The lowest BCUT2D eigenvalue weighted by atomic mass is 9.80. The first-order valence-electron chi connectivity index (χ1n) is 7.26. The van der Waals surface area contributed by atoms with Crippen molar-refractivity contribution in [2.75, 3.05) is 5.32 Å². The van der Waals surface area contributed by atoms with Crippen LogP contribution in [0.3, 0.4) is 0 Å². The number of nitrogens with one attached hydrogen (secondary N) is 2. The van der Waals surface area contributed by atoms with Crippen molar-refractivity contribution in [1.82, 2.24) is 10.2 Å². The van der Waals surface area contributed by atoms with Crippen molar-refractivity contribution < 1.29 is 4.79 Å². The number of aromatic amines is 1. The predicted molar refractivity (Wildman–Crippen MR) is 85.9 cm³/mol. The summed E-state index contributed by atoms with van der Waals surface area (Å²) in [7, 11) is 0. The molecule has 1 atom stereocenters. The highest BCUT2D eigenvalue weighted by Gasteiger charge is 2.22. The third-order valence-electron chi connectivity index (χ3n) is 3.95. The molecule has 0 aliphatic heterocycles. The molecular formula is C17H23N3O. The van der Waals surface area contributed by atoms with Crippen LogP contribution in [0.15, 0.2) is 36.5 Å². The highest BCUT2D eigenvalue weighted by molar-refractivity contribution is 5.91. The van der Waals surface area contributed by atoms with Crippen molar-refractivity contribution >= 4 is 11.6 Å². The highest BCUT2D eigenvalue weighted by Crippen LogP contribution is 2.28. The van der Waals surface area contributed by atoms with Gasteiger partial charge in [0, 0.05) is 18.3 Å². The van der Waals surface area contributed by atoms with E-state index < -0.39 is 0 Å². The average Bonchev–Trinajstić information content (AvgIpc) is 2.92. The van der Waals surface area contributed by atoms with Crippen LogP contribution < -0.4 is 5.32 Å². The second kappa shape index (κ2) is 6.12. The maximum Gasteiger partial charge on any atom is 0.224 e. The fraction of sp³-hybridized carbons (Fsp3) is 0.412. The number of benzene rings is 1. The van der Waals surface area contributed by atoms with Gasteiger partial charge in [-0.1, -0.05) is 39.8 Å². The van der Waals surface area contributed by atoms with Gasteiger partial charge >= 0.3 is 0 Å². The van der Waals surface area contributed by atoms with Crippen molar-refractivity contribution in [3.63, 3.8) is 0 Å². The number of H-pyrrole nitrogens is 1. The number of hydrogen-bond acceptors (Lipinski definition) is 2. The fourth-order valence-electron chi connectivity index (χ4n) is 1.95. The molecule has 2 N–H and O–H groups in total. The molecule has 1 amide bonds. The van der Waals surface area contributed by atoms with E-state index in [2.05, 4.69) is 43.2 Å². The van der Waals surface area contributed by atoms with E-state index in [9.17, 15) is 4.79 Å². The molecule has 0 saturated carbocycles. The number of aromatic nitrogens is 2. The van der Waals surface area contributed by atoms with Crippen molar-refractivity contribution in [2.24, 2.45) is 11.3 Å². The topological polar surface area (TPSA) is 57.8 Å². The number of hydrogen-bond donors (Lipinski definition) is 2. The lowest BCUT2D eigenvalue weighted by molar-refractivity contribution is -0.117. The maximum atomic E-state index is 12.1. The van der Waals surface area contributed by atoms with Gasteiger partial charge in [0.05, 0.1) is 5.69 Å². The third kappa shape index (κ3) is 4.18. The van der Waals surface area contributed by atoms with Crippen LogP contribution in [0, 0.1) is 11.3 Å². The first-order valence-corrected chi connectivity index (χ1v) is 7.26. The smallest absolute Gasteiger partial charge is 0.224 e. The van der Waals surface area contributed by atoms with Crippen molar-refractivity contribution in [3.8, 4) is 11.3 Å². The van der Waals surface area contributed by atoms with E-state index >= 15 is 0 Å². The van der Waals surface area contributed by atoms with Crippen LogP contribution in [0.5, 0.6) is 0 Å². The molecule has 21 heavy (non-hydrogen) atoms. The van der Waals surface area contributed by atoms with Crippen LogP contribution in [0.1, 0.15) is 34.1 Å². The lowest BCUT2D eigenvalue weighted by Gasteiger charge is -2.26. The monoisotopic (exact) mass is 285 g/mol. The van der Waals surface area contributed by atoms with Gasteiger partial charge in [-0.3, -0.25) is 9.89 Å². The molecule has 0 saturated heterocycles. The lowest BCUT2D eigenvalue weighted by Crippen LogP contribution is -2.23. The molecule has 112 valence electrons. The fourth-order valence-corrected chi connectivity index (χ4v) is 1.95. The van der Waals surface area contributed by atoms with Crippen molar-refractivity contribution in [3.05, 3.63) is 36.5 Å². The molecular weight excluding hydrogens is 262 g/mol. The first kappa shape index (κ1) is 15.3. The molecule has 1 heterocycles. The molecule has 0 radical (unpaired) electrons. The third-order valence-corrected chi connectivity index (χ3v) is 3.95. The Balaban J connectivity index is 1.96. The van der Waals surface area contributed by atoms with Crippen molar-refractivity contribution in [2.45, 2.75) is 34.1 Å². The Morgan fingerprint density at radius 1 is 1.24 bits per heavy atom. The summed E-state index contributed by atoms with van der Waals surface area (Å²) in [6, 6.07) is 9.68. The van der Waals surface area contributed by atoms with E-state index in [-0.39, 0.29) is 11.3 Å². The molecule has 1 aromatic carbocycles. The Morgan fingerprint density at radius 3 is 2.43 bits per heavy atom. The minimum absolute atomic E-state index is 0.0618. The normalized spacial score (nSPS) is 13.0. The van der Waals surface area contributed by atoms with Gasteiger partial charge in [0.1, 0.15) is 0 Å². The standard InChI is InChI=1S/C17H23N3O/c1-12(17(2,3)4)11-16(21)19-14-7-5-13(6-8-14)15-9-10-18-20-15/h5-10,12H,11H2,1-4H3,(H,18,20)(H,19,21). The Labute approximate surface area is 126 Å². The van der Waals surface area contributed by atoms with Gasteiger partial charge in [-0.25, -0.2) is 0 Å². The van der Waals surface area contributed by atoms with E-state index in [1.54, 1.807) is 6.20 Å².